The summed E-state index contributed by atoms with van der Waals surface area (Å²) in [5.41, 5.74) is 14.8. The Morgan fingerprint density at radius 3 is 1.98 bits per heavy atom. The molecule has 0 aromatic heterocycles. The monoisotopic (exact) mass is 529 g/mol. The number of anilines is 2. The van der Waals surface area contributed by atoms with Gasteiger partial charge in [0.15, 0.2) is 0 Å². The second kappa shape index (κ2) is 9.63. The topological polar surface area (TPSA) is 12.0 Å². The molecule has 1 nitrogen and oxygen atoms in total. The third-order valence-corrected chi connectivity index (χ3v) is 9.83. The molecule has 5 aromatic rings. The van der Waals surface area contributed by atoms with E-state index >= 15 is 0 Å². The molecular weight excluding hydrogens is 494 g/mol. The number of benzene rings is 5. The first-order valence-electron chi connectivity index (χ1n) is 15.2. The fourth-order valence-corrected chi connectivity index (χ4v) is 7.98. The number of fused-ring (bicyclic) bond motifs is 8. The highest BCUT2D eigenvalue weighted by Gasteiger charge is 2.49. The normalized spacial score (nSPS) is 22.1. The maximum Gasteiger partial charge on any atom is 0.0424 e. The Balaban J connectivity index is 1.09. The third kappa shape index (κ3) is 4.06. The summed E-state index contributed by atoms with van der Waals surface area (Å²) >= 11 is 0. The van der Waals surface area contributed by atoms with Crippen LogP contribution in [0, 0.1) is 11.8 Å². The molecule has 200 valence electrons. The number of hydrogen-bond acceptors (Lipinski definition) is 1. The molecule has 3 unspecified atom stereocenters. The maximum atomic E-state index is 3.74. The molecule has 0 heterocycles. The van der Waals surface area contributed by atoms with Crippen molar-refractivity contribution in [2.24, 2.45) is 11.8 Å². The van der Waals surface area contributed by atoms with Crippen LogP contribution in [0.1, 0.15) is 43.7 Å². The van der Waals surface area contributed by atoms with E-state index in [9.17, 15) is 0 Å². The van der Waals surface area contributed by atoms with Crippen molar-refractivity contribution in [2.45, 2.75) is 38.0 Å². The van der Waals surface area contributed by atoms with Crippen molar-refractivity contribution in [2.75, 3.05) is 5.32 Å². The van der Waals surface area contributed by atoms with Gasteiger partial charge in [0.2, 0.25) is 0 Å². The van der Waals surface area contributed by atoms with E-state index in [1.54, 1.807) is 5.57 Å². The third-order valence-electron chi connectivity index (χ3n) is 9.83. The molecule has 1 fully saturated rings. The number of rotatable bonds is 4. The number of allylic oxidation sites excluding steroid dienone is 2. The van der Waals surface area contributed by atoms with E-state index in [1.165, 1.54) is 75.9 Å². The zero-order valence-corrected chi connectivity index (χ0v) is 23.6. The van der Waals surface area contributed by atoms with Gasteiger partial charge in [-0.15, -0.1) is 0 Å². The quantitative estimate of drug-likeness (QED) is 0.228. The number of hydrogen-bond donors (Lipinski definition) is 1. The highest BCUT2D eigenvalue weighted by molar-refractivity contribution is 5.85. The molecule has 1 N–H and O–H groups in total. The van der Waals surface area contributed by atoms with Crippen molar-refractivity contribution in [3.8, 4) is 33.4 Å². The minimum atomic E-state index is 0.0323. The second-order valence-electron chi connectivity index (χ2n) is 12.4. The Bertz CT molecular complexity index is 1760. The van der Waals surface area contributed by atoms with Gasteiger partial charge in [0.05, 0.1) is 0 Å². The molecule has 3 aliphatic rings. The van der Waals surface area contributed by atoms with Crippen LogP contribution in [0.25, 0.3) is 33.4 Å². The molecule has 1 spiro atoms. The molecule has 2 bridgehead atoms. The predicted molar refractivity (Wildman–Crippen MR) is 172 cm³/mol. The van der Waals surface area contributed by atoms with E-state index in [-0.39, 0.29) is 5.41 Å². The van der Waals surface area contributed by atoms with Crippen LogP contribution in [0.15, 0.2) is 133 Å². The minimum Gasteiger partial charge on any atom is -0.356 e. The van der Waals surface area contributed by atoms with Gasteiger partial charge in [0.1, 0.15) is 0 Å². The Morgan fingerprint density at radius 1 is 0.610 bits per heavy atom. The average molecular weight is 530 g/mol. The molecule has 0 saturated heterocycles. The molecule has 5 aromatic carbocycles. The Morgan fingerprint density at radius 2 is 1.22 bits per heavy atom. The first-order chi connectivity index (χ1) is 20.2. The van der Waals surface area contributed by atoms with Crippen LogP contribution in [0.2, 0.25) is 0 Å². The highest BCUT2D eigenvalue weighted by atomic mass is 14.9. The SMILES string of the molecule is CC1C=C2CC(CCC23c2ccccc2-c2ccc(Nc4ccc(-c5ccc(-c6ccccc6)cc5)cc4)cc23)C1. The van der Waals surface area contributed by atoms with Crippen molar-refractivity contribution >= 4 is 11.4 Å². The fourth-order valence-electron chi connectivity index (χ4n) is 7.98. The van der Waals surface area contributed by atoms with Gasteiger partial charge in [-0.25, -0.2) is 0 Å². The van der Waals surface area contributed by atoms with Gasteiger partial charge in [-0.2, -0.15) is 0 Å². The summed E-state index contributed by atoms with van der Waals surface area (Å²) in [7, 11) is 0. The molecule has 3 atom stereocenters. The van der Waals surface area contributed by atoms with E-state index in [2.05, 4.69) is 140 Å². The molecule has 0 radical (unpaired) electrons. The Labute approximate surface area is 243 Å². The van der Waals surface area contributed by atoms with E-state index < -0.39 is 0 Å². The van der Waals surface area contributed by atoms with Crippen LogP contribution < -0.4 is 5.32 Å². The largest absolute Gasteiger partial charge is 0.356 e. The van der Waals surface area contributed by atoms with Gasteiger partial charge < -0.3 is 5.32 Å². The summed E-state index contributed by atoms with van der Waals surface area (Å²) in [6, 6.07) is 44.5. The lowest BCUT2D eigenvalue weighted by atomic mass is 9.58. The molecule has 0 aliphatic heterocycles. The molecule has 41 heavy (non-hydrogen) atoms. The molecule has 8 rings (SSSR count). The van der Waals surface area contributed by atoms with E-state index in [0.29, 0.717) is 5.92 Å². The van der Waals surface area contributed by atoms with Gasteiger partial charge in [-0.1, -0.05) is 116 Å². The van der Waals surface area contributed by atoms with Crippen LogP contribution in [0.3, 0.4) is 0 Å². The van der Waals surface area contributed by atoms with Crippen LogP contribution in [-0.4, -0.2) is 0 Å². The van der Waals surface area contributed by atoms with Gasteiger partial charge >= 0.3 is 0 Å². The Hall–Kier alpha value is -4.36. The summed E-state index contributed by atoms with van der Waals surface area (Å²) in [5, 5.41) is 3.74. The van der Waals surface area contributed by atoms with Crippen LogP contribution in [-0.2, 0) is 5.41 Å². The molecule has 1 heteroatoms. The first kappa shape index (κ1) is 24.4. The van der Waals surface area contributed by atoms with E-state index in [1.807, 2.05) is 0 Å². The highest BCUT2D eigenvalue weighted by Crippen LogP contribution is 2.61. The molecule has 0 amide bonds. The smallest absolute Gasteiger partial charge is 0.0424 e. The molecule has 1 saturated carbocycles. The zero-order chi connectivity index (χ0) is 27.4. The average Bonchev–Trinajstić information content (AvgIpc) is 3.30. The lowest BCUT2D eigenvalue weighted by Gasteiger charge is -2.45. The van der Waals surface area contributed by atoms with Gasteiger partial charge in [-0.3, -0.25) is 0 Å². The minimum absolute atomic E-state index is 0.0323. The van der Waals surface area contributed by atoms with Crippen molar-refractivity contribution in [3.63, 3.8) is 0 Å². The van der Waals surface area contributed by atoms with Crippen LogP contribution in [0.4, 0.5) is 11.4 Å². The fraction of sp³-hybridized carbons (Fsp3) is 0.200. The lowest BCUT2D eigenvalue weighted by Crippen LogP contribution is -2.36. The van der Waals surface area contributed by atoms with Crippen LogP contribution >= 0.6 is 0 Å². The first-order valence-corrected chi connectivity index (χ1v) is 15.2. The van der Waals surface area contributed by atoms with Crippen molar-refractivity contribution in [3.05, 3.63) is 144 Å². The summed E-state index contributed by atoms with van der Waals surface area (Å²) in [5.74, 6) is 1.52. The Kier molecular flexibility index (Phi) is 5.74. The van der Waals surface area contributed by atoms with Gasteiger partial charge in [0, 0.05) is 16.8 Å². The summed E-state index contributed by atoms with van der Waals surface area (Å²) in [4.78, 5) is 0. The predicted octanol–water partition coefficient (Wildman–Crippen LogP) is 10.8. The van der Waals surface area contributed by atoms with Crippen molar-refractivity contribution in [1.29, 1.82) is 0 Å². The maximum absolute atomic E-state index is 3.74. The van der Waals surface area contributed by atoms with Crippen molar-refractivity contribution < 1.29 is 0 Å². The standard InChI is InChI=1S/C40H35N/c1-27-23-28-21-22-40(33(24-27)25-28)38-10-6-5-9-36(38)37-20-19-35(26-39(37)40)41-34-17-15-32(16-18-34)31-13-11-30(12-14-31)29-7-3-2-4-8-29/h2-20,24,26-28,41H,21-23,25H2,1H3. The van der Waals surface area contributed by atoms with Crippen LogP contribution in [0.5, 0.6) is 0 Å². The summed E-state index contributed by atoms with van der Waals surface area (Å²) < 4.78 is 0. The summed E-state index contributed by atoms with van der Waals surface area (Å²) in [6.45, 7) is 2.41. The van der Waals surface area contributed by atoms with Crippen molar-refractivity contribution in [1.82, 2.24) is 0 Å². The zero-order valence-electron chi connectivity index (χ0n) is 23.6. The number of nitrogens with one attached hydrogen (secondary N) is 1. The van der Waals surface area contributed by atoms with E-state index in [0.717, 1.165) is 11.6 Å². The van der Waals surface area contributed by atoms with Gasteiger partial charge in [-0.05, 0) is 106 Å². The summed E-state index contributed by atoms with van der Waals surface area (Å²) in [6.07, 6.45) is 7.77. The van der Waals surface area contributed by atoms with E-state index in [4.69, 9.17) is 0 Å². The molecular formula is C40H35N. The molecule has 3 aliphatic carbocycles. The van der Waals surface area contributed by atoms with Gasteiger partial charge in [0.25, 0.3) is 0 Å². The lowest BCUT2D eigenvalue weighted by molar-refractivity contribution is 0.284. The second-order valence-corrected chi connectivity index (χ2v) is 12.4.